The minimum Gasteiger partial charge on any atom is -0.494 e. The molecule has 0 unspecified atom stereocenters. The summed E-state index contributed by atoms with van der Waals surface area (Å²) in [6.45, 7) is 3.64. The summed E-state index contributed by atoms with van der Waals surface area (Å²) in [6, 6.07) is 20.3. The van der Waals surface area contributed by atoms with Crippen LogP contribution >= 0.6 is 0 Å². The van der Waals surface area contributed by atoms with E-state index in [0.717, 1.165) is 47.8 Å². The van der Waals surface area contributed by atoms with E-state index in [1.807, 2.05) is 42.5 Å². The Morgan fingerprint density at radius 2 is 1.85 bits per heavy atom. The van der Waals surface area contributed by atoms with Crippen molar-refractivity contribution in [1.82, 2.24) is 9.55 Å². The molecule has 4 nitrogen and oxygen atoms in total. The maximum atomic E-state index is 5.89. The van der Waals surface area contributed by atoms with E-state index in [1.165, 1.54) is 5.56 Å². The first kappa shape index (κ1) is 16.5. The molecule has 0 bridgehead atoms. The first-order valence-corrected chi connectivity index (χ1v) is 9.06. The molecule has 0 radical (unpaired) electrons. The van der Waals surface area contributed by atoms with Crippen molar-refractivity contribution in [2.24, 2.45) is 0 Å². The number of aryl methyl sites for hydroxylation is 2. The Balaban J connectivity index is 1.47. The van der Waals surface area contributed by atoms with Gasteiger partial charge in [0.25, 0.3) is 0 Å². The molecule has 2 aromatic heterocycles. The minimum atomic E-state index is 0.662. The topological polar surface area (TPSA) is 40.2 Å². The van der Waals surface area contributed by atoms with E-state index in [0.29, 0.717) is 6.61 Å². The number of furan rings is 1. The molecule has 0 saturated carbocycles. The highest BCUT2D eigenvalue weighted by Gasteiger charge is 2.14. The van der Waals surface area contributed by atoms with Gasteiger partial charge in [-0.2, -0.15) is 0 Å². The van der Waals surface area contributed by atoms with Crippen LogP contribution in [0.15, 0.2) is 71.3 Å². The lowest BCUT2D eigenvalue weighted by Gasteiger charge is -2.10. The predicted molar refractivity (Wildman–Crippen MR) is 103 cm³/mol. The molecular weight excluding hydrogens is 324 g/mol. The minimum absolute atomic E-state index is 0.662. The van der Waals surface area contributed by atoms with Gasteiger partial charge >= 0.3 is 0 Å². The maximum Gasteiger partial charge on any atom is 0.177 e. The van der Waals surface area contributed by atoms with Gasteiger partial charge in [-0.15, -0.1) is 0 Å². The molecule has 4 heteroatoms. The normalized spacial score (nSPS) is 11.1. The zero-order valence-electron chi connectivity index (χ0n) is 14.9. The van der Waals surface area contributed by atoms with E-state index in [1.54, 1.807) is 6.26 Å². The van der Waals surface area contributed by atoms with Gasteiger partial charge in [-0.25, -0.2) is 4.98 Å². The van der Waals surface area contributed by atoms with Gasteiger partial charge in [0, 0.05) is 6.54 Å². The Kier molecular flexibility index (Phi) is 4.73. The summed E-state index contributed by atoms with van der Waals surface area (Å²) in [6.07, 6.45) is 3.62. The molecule has 0 atom stereocenters. The van der Waals surface area contributed by atoms with E-state index in [9.17, 15) is 0 Å². The second-order valence-corrected chi connectivity index (χ2v) is 6.25. The zero-order valence-corrected chi connectivity index (χ0v) is 14.9. The van der Waals surface area contributed by atoms with Gasteiger partial charge in [0.1, 0.15) is 5.75 Å². The second-order valence-electron chi connectivity index (χ2n) is 6.25. The second kappa shape index (κ2) is 7.48. The van der Waals surface area contributed by atoms with Crippen LogP contribution in [0.1, 0.15) is 18.9 Å². The highest BCUT2D eigenvalue weighted by molar-refractivity contribution is 5.79. The number of aromatic nitrogens is 2. The molecule has 2 heterocycles. The van der Waals surface area contributed by atoms with Crippen molar-refractivity contribution in [2.45, 2.75) is 26.3 Å². The van der Waals surface area contributed by atoms with Crippen molar-refractivity contribution in [3.63, 3.8) is 0 Å². The molecule has 0 aliphatic heterocycles. The summed E-state index contributed by atoms with van der Waals surface area (Å²) in [7, 11) is 0. The van der Waals surface area contributed by atoms with Crippen LogP contribution in [-0.2, 0) is 13.0 Å². The van der Waals surface area contributed by atoms with Crippen LogP contribution in [0, 0.1) is 0 Å². The third kappa shape index (κ3) is 3.36. The summed E-state index contributed by atoms with van der Waals surface area (Å²) in [5, 5.41) is 0. The van der Waals surface area contributed by atoms with Crippen LogP contribution < -0.4 is 4.74 Å². The van der Waals surface area contributed by atoms with Crippen LogP contribution in [0.25, 0.3) is 22.6 Å². The van der Waals surface area contributed by atoms with E-state index < -0.39 is 0 Å². The monoisotopic (exact) mass is 346 g/mol. The van der Waals surface area contributed by atoms with Crippen LogP contribution in [0.3, 0.4) is 0 Å². The average molecular weight is 346 g/mol. The Hall–Kier alpha value is -3.01. The van der Waals surface area contributed by atoms with Crippen molar-refractivity contribution in [3.05, 3.63) is 72.5 Å². The summed E-state index contributed by atoms with van der Waals surface area (Å²) in [4.78, 5) is 4.74. The Morgan fingerprint density at radius 1 is 1.00 bits per heavy atom. The van der Waals surface area contributed by atoms with Crippen LogP contribution in [-0.4, -0.2) is 16.2 Å². The largest absolute Gasteiger partial charge is 0.494 e. The number of fused-ring (bicyclic) bond motifs is 1. The van der Waals surface area contributed by atoms with Gasteiger partial charge in [-0.1, -0.05) is 31.2 Å². The van der Waals surface area contributed by atoms with Crippen molar-refractivity contribution < 1.29 is 9.15 Å². The van der Waals surface area contributed by atoms with E-state index in [2.05, 4.69) is 29.7 Å². The molecule has 132 valence electrons. The zero-order chi connectivity index (χ0) is 17.8. The molecule has 0 N–H and O–H groups in total. The first-order chi connectivity index (χ1) is 12.8. The van der Waals surface area contributed by atoms with Crippen molar-refractivity contribution in [3.8, 4) is 17.3 Å². The first-order valence-electron chi connectivity index (χ1n) is 9.06. The van der Waals surface area contributed by atoms with Gasteiger partial charge in [0.05, 0.1) is 23.9 Å². The number of nitrogens with zero attached hydrogens (tertiary/aromatic N) is 2. The average Bonchev–Trinajstić information content (AvgIpc) is 3.33. The smallest absolute Gasteiger partial charge is 0.177 e. The van der Waals surface area contributed by atoms with E-state index in [4.69, 9.17) is 14.1 Å². The fraction of sp³-hybridized carbons (Fsp3) is 0.227. The summed E-state index contributed by atoms with van der Waals surface area (Å²) in [5.41, 5.74) is 3.42. The highest BCUT2D eigenvalue weighted by atomic mass is 16.5. The molecule has 4 rings (SSSR count). The third-order valence-electron chi connectivity index (χ3n) is 4.52. The van der Waals surface area contributed by atoms with Crippen molar-refractivity contribution >= 4 is 11.0 Å². The van der Waals surface area contributed by atoms with Gasteiger partial charge in [-0.3, -0.25) is 0 Å². The number of hydrogen-bond acceptors (Lipinski definition) is 3. The van der Waals surface area contributed by atoms with Crippen molar-refractivity contribution in [2.75, 3.05) is 6.61 Å². The maximum absolute atomic E-state index is 5.89. The summed E-state index contributed by atoms with van der Waals surface area (Å²) in [5.74, 6) is 2.57. The van der Waals surface area contributed by atoms with Crippen molar-refractivity contribution in [1.29, 1.82) is 0 Å². The summed E-state index contributed by atoms with van der Waals surface area (Å²) >= 11 is 0. The molecule has 4 aromatic rings. The van der Waals surface area contributed by atoms with E-state index in [-0.39, 0.29) is 0 Å². The molecule has 2 aromatic carbocycles. The Labute approximate surface area is 153 Å². The molecule has 26 heavy (non-hydrogen) atoms. The molecule has 0 spiro atoms. The van der Waals surface area contributed by atoms with Crippen LogP contribution in [0.2, 0.25) is 0 Å². The Bertz CT molecular complexity index is 969. The lowest BCUT2D eigenvalue weighted by atomic mass is 10.2. The summed E-state index contributed by atoms with van der Waals surface area (Å²) < 4.78 is 13.7. The third-order valence-corrected chi connectivity index (χ3v) is 4.52. The van der Waals surface area contributed by atoms with Gasteiger partial charge < -0.3 is 13.7 Å². The van der Waals surface area contributed by atoms with E-state index >= 15 is 0 Å². The van der Waals surface area contributed by atoms with Gasteiger partial charge in [0.15, 0.2) is 11.6 Å². The van der Waals surface area contributed by atoms with Crippen LogP contribution in [0.4, 0.5) is 0 Å². The van der Waals surface area contributed by atoms with Crippen LogP contribution in [0.5, 0.6) is 5.75 Å². The quantitative estimate of drug-likeness (QED) is 0.425. The number of para-hydroxylation sites is 2. The lowest BCUT2D eigenvalue weighted by molar-refractivity contribution is 0.302. The SMILES string of the molecule is CCc1ccc(OCCCn2c(-c3ccco3)nc3ccccc32)cc1. The lowest BCUT2D eigenvalue weighted by Crippen LogP contribution is -2.06. The fourth-order valence-corrected chi connectivity index (χ4v) is 3.13. The number of rotatable bonds is 7. The Morgan fingerprint density at radius 3 is 2.62 bits per heavy atom. The number of hydrogen-bond donors (Lipinski definition) is 0. The molecule has 0 saturated heterocycles. The standard InChI is InChI=1S/C22H22N2O2/c1-2-17-10-12-18(13-11-17)25-16-6-14-24-20-8-4-3-7-19(20)23-22(24)21-9-5-15-26-21/h3-5,7-13,15H,2,6,14,16H2,1H3. The molecule has 0 amide bonds. The molecule has 0 aliphatic rings. The number of imidazole rings is 1. The molecule has 0 aliphatic carbocycles. The van der Waals surface area contributed by atoms with Gasteiger partial charge in [-0.05, 0) is 54.8 Å². The number of ether oxygens (including phenoxy) is 1. The molecular formula is C22H22N2O2. The predicted octanol–water partition coefficient (Wildman–Crippen LogP) is 5.33. The highest BCUT2D eigenvalue weighted by Crippen LogP contribution is 2.25. The molecule has 0 fully saturated rings. The van der Waals surface area contributed by atoms with Gasteiger partial charge in [0.2, 0.25) is 0 Å². The fourth-order valence-electron chi connectivity index (χ4n) is 3.13. The number of benzene rings is 2.